The number of hydrogen-bond acceptors (Lipinski definition) is 3. The molecule has 16 heavy (non-hydrogen) atoms. The minimum Gasteiger partial charge on any atom is -0.476 e. The van der Waals surface area contributed by atoms with Crippen LogP contribution in [0.3, 0.4) is 0 Å². The number of aromatic nitrogens is 2. The Balaban J connectivity index is 2.07. The second kappa shape index (κ2) is 3.59. The smallest absolute Gasteiger partial charge is 0.356 e. The lowest BCUT2D eigenvalue weighted by Gasteiger charge is -2.06. The molecule has 2 aromatic heterocycles. The van der Waals surface area contributed by atoms with Gasteiger partial charge < -0.3 is 5.11 Å². The van der Waals surface area contributed by atoms with E-state index in [1.165, 1.54) is 42.7 Å². The first-order chi connectivity index (χ1) is 7.75. The molecule has 3 rings (SSSR count). The van der Waals surface area contributed by atoms with E-state index in [1.54, 1.807) is 6.20 Å². The van der Waals surface area contributed by atoms with Crippen molar-refractivity contribution in [2.45, 2.75) is 31.6 Å². The van der Waals surface area contributed by atoms with E-state index in [4.69, 9.17) is 5.11 Å². The Labute approximate surface area is 96.5 Å². The van der Waals surface area contributed by atoms with E-state index in [1.807, 2.05) is 4.40 Å². The summed E-state index contributed by atoms with van der Waals surface area (Å²) in [5, 5.41) is 11.0. The van der Waals surface area contributed by atoms with Crippen LogP contribution in [0.1, 0.15) is 47.8 Å². The van der Waals surface area contributed by atoms with Gasteiger partial charge in [0, 0.05) is 23.2 Å². The molecule has 5 heteroatoms. The maximum Gasteiger partial charge on any atom is 0.356 e. The number of nitrogens with zero attached hydrogens (tertiary/aromatic N) is 2. The molecule has 0 radical (unpaired) electrons. The van der Waals surface area contributed by atoms with Crippen molar-refractivity contribution in [2.24, 2.45) is 0 Å². The van der Waals surface area contributed by atoms with E-state index in [2.05, 4.69) is 10.4 Å². The third kappa shape index (κ3) is 1.43. The first kappa shape index (κ1) is 9.84. The summed E-state index contributed by atoms with van der Waals surface area (Å²) in [6.45, 7) is 0. The van der Waals surface area contributed by atoms with Gasteiger partial charge in [-0.3, -0.25) is 4.40 Å². The Morgan fingerprint density at radius 1 is 1.50 bits per heavy atom. The van der Waals surface area contributed by atoms with Gasteiger partial charge in [0.25, 0.3) is 0 Å². The van der Waals surface area contributed by atoms with E-state index in [9.17, 15) is 4.79 Å². The van der Waals surface area contributed by atoms with Crippen LogP contribution in [0.25, 0.3) is 4.96 Å². The molecule has 0 spiro atoms. The zero-order valence-corrected chi connectivity index (χ0v) is 9.54. The van der Waals surface area contributed by atoms with Crippen molar-refractivity contribution in [3.05, 3.63) is 23.0 Å². The van der Waals surface area contributed by atoms with Crippen molar-refractivity contribution in [2.75, 3.05) is 0 Å². The van der Waals surface area contributed by atoms with Crippen molar-refractivity contribution in [3.8, 4) is 0 Å². The molecule has 0 atom stereocenters. The zero-order chi connectivity index (χ0) is 11.1. The average Bonchev–Trinajstić information content (AvgIpc) is 2.92. The summed E-state index contributed by atoms with van der Waals surface area (Å²) in [7, 11) is 0. The Bertz CT molecular complexity index is 537. The summed E-state index contributed by atoms with van der Waals surface area (Å²) >= 11 is 1.53. The minimum atomic E-state index is -0.951. The van der Waals surface area contributed by atoms with Gasteiger partial charge in [-0.2, -0.15) is 0 Å². The van der Waals surface area contributed by atoms with E-state index in [-0.39, 0.29) is 5.69 Å². The van der Waals surface area contributed by atoms with Crippen molar-refractivity contribution < 1.29 is 9.90 Å². The van der Waals surface area contributed by atoms with Gasteiger partial charge in [0.15, 0.2) is 10.7 Å². The van der Waals surface area contributed by atoms with Gasteiger partial charge in [-0.15, -0.1) is 11.3 Å². The van der Waals surface area contributed by atoms with Crippen LogP contribution in [-0.4, -0.2) is 20.5 Å². The highest BCUT2D eigenvalue weighted by Crippen LogP contribution is 2.36. The quantitative estimate of drug-likeness (QED) is 0.872. The third-order valence-corrected chi connectivity index (χ3v) is 4.09. The number of imidazole rings is 1. The molecular formula is C11H12N2O2S. The largest absolute Gasteiger partial charge is 0.476 e. The monoisotopic (exact) mass is 236 g/mol. The van der Waals surface area contributed by atoms with Gasteiger partial charge in [0.05, 0.1) is 0 Å². The van der Waals surface area contributed by atoms with Crippen molar-refractivity contribution in [1.82, 2.24) is 9.38 Å². The number of carbonyl (C=O) groups is 1. The van der Waals surface area contributed by atoms with Crippen LogP contribution < -0.4 is 0 Å². The van der Waals surface area contributed by atoms with Crippen LogP contribution in [0.2, 0.25) is 0 Å². The zero-order valence-electron chi connectivity index (χ0n) is 8.72. The van der Waals surface area contributed by atoms with Crippen molar-refractivity contribution in [1.29, 1.82) is 0 Å². The van der Waals surface area contributed by atoms with Gasteiger partial charge in [0.2, 0.25) is 0 Å². The summed E-state index contributed by atoms with van der Waals surface area (Å²) in [6.07, 6.45) is 6.63. The summed E-state index contributed by atoms with van der Waals surface area (Å²) in [5.74, 6) is -0.363. The van der Waals surface area contributed by atoms with Gasteiger partial charge in [-0.1, -0.05) is 12.8 Å². The van der Waals surface area contributed by atoms with Crippen LogP contribution in [0, 0.1) is 0 Å². The lowest BCUT2D eigenvalue weighted by atomic mass is 10.1. The second-order valence-electron chi connectivity index (χ2n) is 4.23. The molecule has 4 nitrogen and oxygen atoms in total. The van der Waals surface area contributed by atoms with Crippen molar-refractivity contribution in [3.63, 3.8) is 0 Å². The molecule has 1 aliphatic rings. The molecule has 2 aromatic rings. The minimum absolute atomic E-state index is 0.145. The van der Waals surface area contributed by atoms with E-state index < -0.39 is 5.97 Å². The first-order valence-electron chi connectivity index (χ1n) is 5.45. The molecule has 0 aromatic carbocycles. The third-order valence-electron chi connectivity index (χ3n) is 3.23. The van der Waals surface area contributed by atoms with Gasteiger partial charge in [-0.05, 0) is 12.8 Å². The maximum atomic E-state index is 10.8. The van der Waals surface area contributed by atoms with E-state index >= 15 is 0 Å². The lowest BCUT2D eigenvalue weighted by molar-refractivity contribution is 0.0691. The summed E-state index contributed by atoms with van der Waals surface area (Å²) in [6, 6.07) is 0. The Hall–Kier alpha value is -1.36. The summed E-state index contributed by atoms with van der Waals surface area (Å²) in [4.78, 5) is 15.7. The van der Waals surface area contributed by atoms with E-state index in [0.717, 1.165) is 4.96 Å². The van der Waals surface area contributed by atoms with Crippen LogP contribution >= 0.6 is 11.3 Å². The number of carboxylic acid groups (broad SMARTS) is 1. The fourth-order valence-electron chi connectivity index (χ4n) is 2.42. The molecule has 1 saturated carbocycles. The number of thiazole rings is 1. The fraction of sp³-hybridized carbons (Fsp3) is 0.455. The molecule has 1 aliphatic carbocycles. The number of aromatic carboxylic acids is 1. The van der Waals surface area contributed by atoms with Gasteiger partial charge in [-0.25, -0.2) is 9.78 Å². The van der Waals surface area contributed by atoms with Crippen LogP contribution in [0.15, 0.2) is 11.6 Å². The standard InChI is InChI=1S/C11H12N2O2S/c14-10(15)8-5-13-9(6-16-11(13)12-8)7-3-1-2-4-7/h5-7H,1-4H2,(H,14,15). The highest BCUT2D eigenvalue weighted by Gasteiger charge is 2.22. The molecule has 84 valence electrons. The molecule has 1 N–H and O–H groups in total. The molecule has 0 amide bonds. The van der Waals surface area contributed by atoms with Crippen LogP contribution in [-0.2, 0) is 0 Å². The topological polar surface area (TPSA) is 54.6 Å². The van der Waals surface area contributed by atoms with Crippen molar-refractivity contribution >= 4 is 22.3 Å². The number of carboxylic acids is 1. The lowest BCUT2D eigenvalue weighted by Crippen LogP contribution is -1.97. The predicted octanol–water partition coefficient (Wildman–Crippen LogP) is 2.75. The average molecular weight is 236 g/mol. The molecule has 0 saturated heterocycles. The molecular weight excluding hydrogens is 224 g/mol. The predicted molar refractivity (Wildman–Crippen MR) is 61.2 cm³/mol. The van der Waals surface area contributed by atoms with Crippen LogP contribution in [0.5, 0.6) is 0 Å². The summed E-state index contributed by atoms with van der Waals surface area (Å²) in [5.41, 5.74) is 1.38. The maximum absolute atomic E-state index is 10.8. The SMILES string of the molecule is O=C(O)c1cn2c(C3CCCC3)csc2n1. The second-order valence-corrected chi connectivity index (χ2v) is 5.06. The highest BCUT2D eigenvalue weighted by molar-refractivity contribution is 7.15. The summed E-state index contributed by atoms with van der Waals surface area (Å²) < 4.78 is 1.95. The van der Waals surface area contributed by atoms with Crippen LogP contribution in [0.4, 0.5) is 0 Å². The molecule has 0 aliphatic heterocycles. The first-order valence-corrected chi connectivity index (χ1v) is 6.33. The van der Waals surface area contributed by atoms with Gasteiger partial charge >= 0.3 is 5.97 Å². The number of fused-ring (bicyclic) bond motifs is 1. The van der Waals surface area contributed by atoms with E-state index in [0.29, 0.717) is 5.92 Å². The highest BCUT2D eigenvalue weighted by atomic mass is 32.1. The molecule has 2 heterocycles. The fourth-order valence-corrected chi connectivity index (χ4v) is 3.37. The Morgan fingerprint density at radius 2 is 2.25 bits per heavy atom. The molecule has 0 unspecified atom stereocenters. The molecule has 0 bridgehead atoms. The molecule has 1 fully saturated rings. The number of hydrogen-bond donors (Lipinski definition) is 1. The van der Waals surface area contributed by atoms with Gasteiger partial charge in [0.1, 0.15) is 0 Å². The Kier molecular flexibility index (Phi) is 2.21. The normalized spacial score (nSPS) is 17.2. The number of rotatable bonds is 2. The Morgan fingerprint density at radius 3 is 2.94 bits per heavy atom.